The molecule has 2 heteroatoms. The van der Waals surface area contributed by atoms with Crippen molar-refractivity contribution in [3.8, 4) is 0 Å². The minimum absolute atomic E-state index is 0.447. The number of nitrogens with zero attached hydrogens (tertiary/aromatic N) is 1. The molecule has 1 N–H and O–H groups in total. The van der Waals surface area contributed by atoms with E-state index in [-0.39, 0.29) is 0 Å². The Hall–Kier alpha value is -0.0800. The van der Waals surface area contributed by atoms with Crippen LogP contribution in [-0.2, 0) is 0 Å². The molecule has 0 amide bonds. The van der Waals surface area contributed by atoms with E-state index in [9.17, 15) is 0 Å². The van der Waals surface area contributed by atoms with Crippen LogP contribution in [-0.4, -0.2) is 37.1 Å². The lowest BCUT2D eigenvalue weighted by atomic mass is 9.91. The quantitative estimate of drug-likeness (QED) is 0.714. The van der Waals surface area contributed by atoms with Crippen LogP contribution in [0.5, 0.6) is 0 Å². The molecular formula is C13H26N2. The number of hydrogen-bond acceptors (Lipinski definition) is 2. The zero-order chi connectivity index (χ0) is 10.7. The first kappa shape index (κ1) is 11.4. The van der Waals surface area contributed by atoms with Crippen molar-refractivity contribution in [3.05, 3.63) is 0 Å². The number of rotatable bonds is 1. The Kier molecular flexibility index (Phi) is 3.68. The molecule has 2 rings (SSSR count). The van der Waals surface area contributed by atoms with Gasteiger partial charge in [0.1, 0.15) is 0 Å². The molecular weight excluding hydrogens is 184 g/mol. The average Bonchev–Trinajstić information content (AvgIpc) is 2.64. The van der Waals surface area contributed by atoms with Gasteiger partial charge in [0.2, 0.25) is 0 Å². The normalized spacial score (nSPS) is 30.0. The molecule has 0 aromatic heterocycles. The molecule has 0 spiro atoms. The van der Waals surface area contributed by atoms with E-state index in [0.29, 0.717) is 5.41 Å². The third kappa shape index (κ3) is 3.18. The van der Waals surface area contributed by atoms with E-state index in [4.69, 9.17) is 0 Å². The summed E-state index contributed by atoms with van der Waals surface area (Å²) in [4.78, 5) is 2.77. The van der Waals surface area contributed by atoms with Gasteiger partial charge in [-0.1, -0.05) is 26.7 Å². The van der Waals surface area contributed by atoms with Crippen molar-refractivity contribution in [2.24, 2.45) is 5.41 Å². The maximum atomic E-state index is 3.56. The number of hydrogen-bond donors (Lipinski definition) is 1. The van der Waals surface area contributed by atoms with Crippen molar-refractivity contribution in [2.75, 3.05) is 26.2 Å². The summed E-state index contributed by atoms with van der Waals surface area (Å²) in [5.74, 6) is 0. The summed E-state index contributed by atoms with van der Waals surface area (Å²) in [5.41, 5.74) is 0.447. The summed E-state index contributed by atoms with van der Waals surface area (Å²) < 4.78 is 0. The zero-order valence-corrected chi connectivity index (χ0v) is 10.4. The van der Waals surface area contributed by atoms with Crippen LogP contribution in [0, 0.1) is 5.41 Å². The third-order valence-electron chi connectivity index (χ3n) is 3.87. The van der Waals surface area contributed by atoms with Gasteiger partial charge in [0, 0.05) is 19.1 Å². The Morgan fingerprint density at radius 2 is 1.87 bits per heavy atom. The summed E-state index contributed by atoms with van der Waals surface area (Å²) in [6.45, 7) is 9.76. The molecule has 2 nitrogen and oxygen atoms in total. The highest BCUT2D eigenvalue weighted by Crippen LogP contribution is 2.27. The lowest BCUT2D eigenvalue weighted by Gasteiger charge is -2.38. The monoisotopic (exact) mass is 210 g/mol. The molecule has 15 heavy (non-hydrogen) atoms. The predicted molar refractivity (Wildman–Crippen MR) is 65.1 cm³/mol. The Balaban J connectivity index is 1.95. The molecule has 88 valence electrons. The fourth-order valence-corrected chi connectivity index (χ4v) is 3.10. The molecule has 0 unspecified atom stereocenters. The van der Waals surface area contributed by atoms with Crippen LogP contribution in [0.1, 0.15) is 46.0 Å². The fourth-order valence-electron chi connectivity index (χ4n) is 3.10. The summed E-state index contributed by atoms with van der Waals surface area (Å²) in [6, 6.07) is 0.905. The Morgan fingerprint density at radius 1 is 1.13 bits per heavy atom. The lowest BCUT2D eigenvalue weighted by Crippen LogP contribution is -2.47. The predicted octanol–water partition coefficient (Wildman–Crippen LogP) is 2.25. The molecule has 0 aromatic rings. The maximum Gasteiger partial charge on any atom is 0.00955 e. The molecule has 2 aliphatic rings. The van der Waals surface area contributed by atoms with Crippen molar-refractivity contribution < 1.29 is 0 Å². The van der Waals surface area contributed by atoms with Crippen LogP contribution in [0.2, 0.25) is 0 Å². The van der Waals surface area contributed by atoms with E-state index in [0.717, 1.165) is 6.04 Å². The molecule has 0 bridgehead atoms. The first-order chi connectivity index (χ1) is 7.17. The summed E-state index contributed by atoms with van der Waals surface area (Å²) in [7, 11) is 0. The maximum absolute atomic E-state index is 3.56. The van der Waals surface area contributed by atoms with Crippen LogP contribution in [0.4, 0.5) is 0 Å². The van der Waals surface area contributed by atoms with Crippen LogP contribution in [0.3, 0.4) is 0 Å². The Morgan fingerprint density at radius 3 is 2.60 bits per heavy atom. The first-order valence-electron chi connectivity index (χ1n) is 6.62. The summed E-state index contributed by atoms with van der Waals surface area (Å²) in [6.07, 6.45) is 7.14. The third-order valence-corrected chi connectivity index (χ3v) is 3.87. The van der Waals surface area contributed by atoms with Gasteiger partial charge in [-0.25, -0.2) is 0 Å². The van der Waals surface area contributed by atoms with Crippen molar-refractivity contribution in [3.63, 3.8) is 0 Å². The van der Waals surface area contributed by atoms with Crippen LogP contribution >= 0.6 is 0 Å². The van der Waals surface area contributed by atoms with Gasteiger partial charge in [-0.3, -0.25) is 4.90 Å². The van der Waals surface area contributed by atoms with Gasteiger partial charge in [0.05, 0.1) is 0 Å². The van der Waals surface area contributed by atoms with E-state index in [1.807, 2.05) is 0 Å². The highest BCUT2D eigenvalue weighted by atomic mass is 15.2. The van der Waals surface area contributed by atoms with E-state index in [1.54, 1.807) is 0 Å². The van der Waals surface area contributed by atoms with E-state index < -0.39 is 0 Å². The highest BCUT2D eigenvalue weighted by molar-refractivity contribution is 4.85. The van der Waals surface area contributed by atoms with Crippen LogP contribution in [0.15, 0.2) is 0 Å². The fraction of sp³-hybridized carbons (Fsp3) is 1.00. The van der Waals surface area contributed by atoms with Gasteiger partial charge >= 0.3 is 0 Å². The Bertz CT molecular complexity index is 195. The van der Waals surface area contributed by atoms with Gasteiger partial charge in [0.25, 0.3) is 0 Å². The molecule has 1 aliphatic carbocycles. The molecule has 2 fully saturated rings. The SMILES string of the molecule is CC1(C)CNCCCN(C2CCCC2)C1. The second-order valence-corrected chi connectivity index (χ2v) is 6.10. The molecule has 1 saturated carbocycles. The van der Waals surface area contributed by atoms with Crippen molar-refractivity contribution in [1.82, 2.24) is 10.2 Å². The first-order valence-corrected chi connectivity index (χ1v) is 6.62. The minimum Gasteiger partial charge on any atom is -0.316 e. The van der Waals surface area contributed by atoms with E-state index in [2.05, 4.69) is 24.1 Å². The van der Waals surface area contributed by atoms with Crippen molar-refractivity contribution in [2.45, 2.75) is 52.0 Å². The van der Waals surface area contributed by atoms with Gasteiger partial charge in [-0.2, -0.15) is 0 Å². The molecule has 1 heterocycles. The van der Waals surface area contributed by atoms with Gasteiger partial charge in [0.15, 0.2) is 0 Å². The highest BCUT2D eigenvalue weighted by Gasteiger charge is 2.29. The summed E-state index contributed by atoms with van der Waals surface area (Å²) >= 11 is 0. The van der Waals surface area contributed by atoms with E-state index >= 15 is 0 Å². The molecule has 1 saturated heterocycles. The molecule has 0 aromatic carbocycles. The largest absolute Gasteiger partial charge is 0.316 e. The molecule has 0 atom stereocenters. The average molecular weight is 210 g/mol. The molecule has 1 aliphatic heterocycles. The van der Waals surface area contributed by atoms with Gasteiger partial charge < -0.3 is 5.32 Å². The van der Waals surface area contributed by atoms with Crippen molar-refractivity contribution in [1.29, 1.82) is 0 Å². The van der Waals surface area contributed by atoms with Crippen molar-refractivity contribution >= 4 is 0 Å². The van der Waals surface area contributed by atoms with Crippen LogP contribution in [0.25, 0.3) is 0 Å². The second-order valence-electron chi connectivity index (χ2n) is 6.10. The Labute approximate surface area is 94.4 Å². The van der Waals surface area contributed by atoms with Gasteiger partial charge in [-0.15, -0.1) is 0 Å². The smallest absolute Gasteiger partial charge is 0.00955 e. The standard InChI is InChI=1S/C13H26N2/c1-13(2)10-14-8-5-9-15(11-13)12-6-3-4-7-12/h12,14H,3-11H2,1-2H3. The van der Waals surface area contributed by atoms with Crippen LogP contribution < -0.4 is 5.32 Å². The topological polar surface area (TPSA) is 15.3 Å². The summed E-state index contributed by atoms with van der Waals surface area (Å²) in [5, 5.41) is 3.56. The second kappa shape index (κ2) is 4.84. The lowest BCUT2D eigenvalue weighted by molar-refractivity contribution is 0.115. The van der Waals surface area contributed by atoms with Gasteiger partial charge in [-0.05, 0) is 37.8 Å². The number of nitrogens with one attached hydrogen (secondary N) is 1. The minimum atomic E-state index is 0.447. The molecule has 0 radical (unpaired) electrons. The zero-order valence-electron chi connectivity index (χ0n) is 10.4. The van der Waals surface area contributed by atoms with E-state index in [1.165, 1.54) is 58.3 Å².